The molecule has 0 radical (unpaired) electrons. The minimum atomic E-state index is -5.97. The van der Waals surface area contributed by atoms with Crippen molar-refractivity contribution < 1.29 is 63.6 Å². The zero-order valence-electron chi connectivity index (χ0n) is 22.4. The first-order chi connectivity index (χ1) is 20.3. The van der Waals surface area contributed by atoms with Gasteiger partial charge in [0.15, 0.2) is 0 Å². The van der Waals surface area contributed by atoms with Crippen LogP contribution >= 0.6 is 0 Å². The van der Waals surface area contributed by atoms with E-state index in [2.05, 4.69) is 5.32 Å². The predicted octanol–water partition coefficient (Wildman–Crippen LogP) is 6.61. The standard InChI is InChI=1S/C27H24F7NO2.C2HF3O2/c28-22-12-10-20(11-13-22)24(17-37-15-18-4-2-1-3-5-18)16-35-14-23(24)19-6-8-21(9-7-19)25(36,26(29,30)31)27(32,33)34;3-2(4,5)1(6)7/h1-13,23,35-36H,14-17H2;(H,6,7)/t23-,24-;/m0./s1. The number of carboxylic acid groups (broad SMARTS) is 1. The van der Waals surface area contributed by atoms with Crippen molar-refractivity contribution in [1.82, 2.24) is 5.32 Å². The van der Waals surface area contributed by atoms with Gasteiger partial charge in [-0.3, -0.25) is 0 Å². The number of alkyl halides is 9. The Bertz CT molecular complexity index is 1360. The molecule has 0 unspecified atom stereocenters. The first-order valence-corrected chi connectivity index (χ1v) is 12.7. The molecule has 3 N–H and O–H groups in total. The van der Waals surface area contributed by atoms with E-state index in [1.165, 1.54) is 12.1 Å². The van der Waals surface area contributed by atoms with Crippen molar-refractivity contribution in [3.8, 4) is 0 Å². The molecule has 0 aliphatic carbocycles. The number of aliphatic hydroxyl groups is 1. The fourth-order valence-corrected chi connectivity index (χ4v) is 4.88. The number of hydrogen-bond donors (Lipinski definition) is 3. The molecule has 44 heavy (non-hydrogen) atoms. The summed E-state index contributed by atoms with van der Waals surface area (Å²) in [7, 11) is 0. The van der Waals surface area contributed by atoms with Crippen molar-refractivity contribution in [3.05, 3.63) is 107 Å². The van der Waals surface area contributed by atoms with E-state index in [9.17, 15) is 49.0 Å². The van der Waals surface area contributed by atoms with Crippen LogP contribution in [-0.4, -0.2) is 54.4 Å². The topological polar surface area (TPSA) is 78.8 Å². The Morgan fingerprint density at radius 3 is 1.84 bits per heavy atom. The van der Waals surface area contributed by atoms with Crippen LogP contribution in [0.5, 0.6) is 0 Å². The predicted molar refractivity (Wildman–Crippen MR) is 136 cm³/mol. The van der Waals surface area contributed by atoms with Gasteiger partial charge in [-0.1, -0.05) is 66.7 Å². The summed E-state index contributed by atoms with van der Waals surface area (Å²) in [5.41, 5.74) is -5.03. The molecule has 1 saturated heterocycles. The highest BCUT2D eigenvalue weighted by Crippen LogP contribution is 2.50. The number of hydrogen-bond acceptors (Lipinski definition) is 4. The lowest BCUT2D eigenvalue weighted by atomic mass is 9.70. The van der Waals surface area contributed by atoms with Crippen LogP contribution in [0.15, 0.2) is 78.9 Å². The van der Waals surface area contributed by atoms with Crippen LogP contribution in [0.2, 0.25) is 0 Å². The van der Waals surface area contributed by atoms with Crippen molar-refractivity contribution in [2.45, 2.75) is 42.1 Å². The SMILES string of the molecule is O=C(O)C(F)(F)F.OC(c1ccc([C@@H]2CNC[C@]2(COCc2ccccc2)c2ccc(F)cc2)cc1)(C(F)(F)F)C(F)(F)F. The van der Waals surface area contributed by atoms with Gasteiger partial charge in [-0.2, -0.15) is 39.5 Å². The third-order valence-corrected chi connectivity index (χ3v) is 7.14. The molecular formula is C29H25F10NO4. The maximum atomic E-state index is 13.7. The van der Waals surface area contributed by atoms with Crippen molar-refractivity contribution in [2.24, 2.45) is 0 Å². The van der Waals surface area contributed by atoms with E-state index < -0.39 is 52.8 Å². The summed E-state index contributed by atoms with van der Waals surface area (Å²) in [6.07, 6.45) is -17.0. The first-order valence-electron chi connectivity index (χ1n) is 12.7. The van der Waals surface area contributed by atoms with Gasteiger partial charge in [0.1, 0.15) is 5.82 Å². The second kappa shape index (κ2) is 13.1. The summed E-state index contributed by atoms with van der Waals surface area (Å²) in [6.45, 7) is 1.17. The molecule has 0 spiro atoms. The quantitative estimate of drug-likeness (QED) is 0.253. The molecule has 0 bridgehead atoms. The molecule has 0 aromatic heterocycles. The summed E-state index contributed by atoms with van der Waals surface area (Å²) < 4.78 is 131. The Morgan fingerprint density at radius 2 is 1.36 bits per heavy atom. The zero-order valence-corrected chi connectivity index (χ0v) is 22.4. The van der Waals surface area contributed by atoms with Crippen LogP contribution in [0.1, 0.15) is 28.2 Å². The molecule has 1 fully saturated rings. The van der Waals surface area contributed by atoms with Crippen molar-refractivity contribution >= 4 is 5.97 Å². The van der Waals surface area contributed by atoms with Gasteiger partial charge in [0.2, 0.25) is 0 Å². The molecule has 240 valence electrons. The monoisotopic (exact) mass is 641 g/mol. The number of benzene rings is 3. The highest BCUT2D eigenvalue weighted by molar-refractivity contribution is 5.73. The van der Waals surface area contributed by atoms with Gasteiger partial charge in [-0.25, -0.2) is 9.18 Å². The summed E-state index contributed by atoms with van der Waals surface area (Å²) in [6, 6.07) is 18.7. The summed E-state index contributed by atoms with van der Waals surface area (Å²) in [5, 5.41) is 20.1. The van der Waals surface area contributed by atoms with Crippen LogP contribution in [-0.2, 0) is 27.2 Å². The molecule has 1 heterocycles. The van der Waals surface area contributed by atoms with Gasteiger partial charge in [-0.05, 0) is 28.8 Å². The van der Waals surface area contributed by atoms with Crippen molar-refractivity contribution in [1.29, 1.82) is 0 Å². The second-order valence-electron chi connectivity index (χ2n) is 9.96. The minimum Gasteiger partial charge on any atom is -0.475 e. The molecule has 3 aromatic rings. The zero-order chi connectivity index (χ0) is 33.0. The van der Waals surface area contributed by atoms with Crippen molar-refractivity contribution in [3.63, 3.8) is 0 Å². The Kier molecular flexibility index (Phi) is 10.4. The van der Waals surface area contributed by atoms with E-state index in [4.69, 9.17) is 14.6 Å². The van der Waals surface area contributed by atoms with Crippen molar-refractivity contribution in [2.75, 3.05) is 19.7 Å². The van der Waals surface area contributed by atoms with Crippen LogP contribution in [0.3, 0.4) is 0 Å². The molecule has 15 heteroatoms. The lowest BCUT2D eigenvalue weighted by Crippen LogP contribution is -2.53. The lowest BCUT2D eigenvalue weighted by Gasteiger charge is -2.36. The molecule has 3 aromatic carbocycles. The number of ether oxygens (including phenoxy) is 1. The average molecular weight is 642 g/mol. The van der Waals surface area contributed by atoms with E-state index in [-0.39, 0.29) is 13.2 Å². The van der Waals surface area contributed by atoms with E-state index in [0.717, 1.165) is 17.7 Å². The van der Waals surface area contributed by atoms with Gasteiger partial charge < -0.3 is 20.3 Å². The van der Waals surface area contributed by atoms with Gasteiger partial charge in [0.05, 0.1) is 13.2 Å². The maximum Gasteiger partial charge on any atom is 0.490 e. The Hall–Kier alpha value is -3.69. The van der Waals surface area contributed by atoms with E-state index in [1.54, 1.807) is 12.1 Å². The second-order valence-corrected chi connectivity index (χ2v) is 9.96. The third kappa shape index (κ3) is 7.50. The highest BCUT2D eigenvalue weighted by Gasteiger charge is 2.71. The number of rotatable bonds is 7. The van der Waals surface area contributed by atoms with E-state index in [0.29, 0.717) is 36.3 Å². The molecule has 4 rings (SSSR count). The van der Waals surface area contributed by atoms with Gasteiger partial charge in [-0.15, -0.1) is 0 Å². The Labute approximate surface area is 244 Å². The van der Waals surface area contributed by atoms with Crippen LogP contribution in [0.4, 0.5) is 43.9 Å². The Balaban J connectivity index is 0.000000676. The summed E-state index contributed by atoms with van der Waals surface area (Å²) in [5.74, 6) is -3.63. The minimum absolute atomic E-state index is 0.155. The smallest absolute Gasteiger partial charge is 0.475 e. The van der Waals surface area contributed by atoms with Gasteiger partial charge in [0.25, 0.3) is 5.60 Å². The van der Waals surface area contributed by atoms with E-state index >= 15 is 0 Å². The molecule has 0 amide bonds. The van der Waals surface area contributed by atoms with Crippen LogP contribution in [0, 0.1) is 5.82 Å². The lowest BCUT2D eigenvalue weighted by molar-refractivity contribution is -0.376. The number of aliphatic carboxylic acids is 1. The van der Waals surface area contributed by atoms with Gasteiger partial charge in [0, 0.05) is 30.0 Å². The van der Waals surface area contributed by atoms with Crippen LogP contribution < -0.4 is 5.32 Å². The molecular weight excluding hydrogens is 616 g/mol. The third-order valence-electron chi connectivity index (χ3n) is 7.14. The molecule has 2 atom stereocenters. The average Bonchev–Trinajstić information content (AvgIpc) is 3.37. The number of carboxylic acids is 1. The normalized spacial score (nSPS) is 19.3. The molecule has 1 aliphatic rings. The fraction of sp³-hybridized carbons (Fsp3) is 0.345. The highest BCUT2D eigenvalue weighted by atomic mass is 19.4. The molecule has 1 aliphatic heterocycles. The van der Waals surface area contributed by atoms with E-state index in [1.807, 2.05) is 30.3 Å². The van der Waals surface area contributed by atoms with Gasteiger partial charge >= 0.3 is 24.5 Å². The summed E-state index contributed by atoms with van der Waals surface area (Å²) >= 11 is 0. The first kappa shape index (κ1) is 34.8. The largest absolute Gasteiger partial charge is 0.490 e. The molecule has 0 saturated carbocycles. The number of nitrogens with one attached hydrogen (secondary N) is 1. The summed E-state index contributed by atoms with van der Waals surface area (Å²) in [4.78, 5) is 8.90. The maximum absolute atomic E-state index is 13.7. The Morgan fingerprint density at radius 1 is 0.841 bits per heavy atom. The fourth-order valence-electron chi connectivity index (χ4n) is 4.88. The number of halogens is 10. The van der Waals surface area contributed by atoms with Crippen LogP contribution in [0.25, 0.3) is 0 Å². The molecule has 5 nitrogen and oxygen atoms in total. The number of carbonyl (C=O) groups is 1.